The molecule has 0 N–H and O–H groups in total. The Kier molecular flexibility index (Phi) is 3.90. The Bertz CT molecular complexity index is 682. The second-order valence-corrected chi connectivity index (χ2v) is 4.71. The van der Waals surface area contributed by atoms with Gasteiger partial charge in [0.1, 0.15) is 0 Å². The fourth-order valence-corrected chi connectivity index (χ4v) is 1.94. The quantitative estimate of drug-likeness (QED) is 0.706. The van der Waals surface area contributed by atoms with Gasteiger partial charge in [-0.1, -0.05) is 12.1 Å². The van der Waals surface area contributed by atoms with Gasteiger partial charge in [0.15, 0.2) is 5.71 Å². The van der Waals surface area contributed by atoms with Crippen LogP contribution in [0.25, 0.3) is 5.57 Å². The lowest BCUT2D eigenvalue weighted by atomic mass is 9.93. The summed E-state index contributed by atoms with van der Waals surface area (Å²) < 4.78 is 102. The van der Waals surface area contributed by atoms with Crippen molar-refractivity contribution in [3.8, 4) is 0 Å². The molecule has 0 bridgehead atoms. The monoisotopic (exact) mass is 343 g/mol. The second kappa shape index (κ2) is 5.20. The van der Waals surface area contributed by atoms with E-state index >= 15 is 0 Å². The fraction of sp³-hybridized carbons (Fsp3) is 0.308. The van der Waals surface area contributed by atoms with Gasteiger partial charge in [0.25, 0.3) is 0 Å². The summed E-state index contributed by atoms with van der Waals surface area (Å²) in [5.74, 6) is -5.19. The molecule has 0 aliphatic carbocycles. The van der Waals surface area contributed by atoms with Crippen molar-refractivity contribution in [2.24, 2.45) is 5.10 Å². The molecule has 1 aliphatic rings. The molecule has 0 spiro atoms. The largest absolute Gasteiger partial charge is 0.458 e. The third-order valence-electron chi connectivity index (χ3n) is 3.11. The summed E-state index contributed by atoms with van der Waals surface area (Å²) >= 11 is 0. The molecule has 0 saturated heterocycles. The molecule has 1 aromatic rings. The van der Waals surface area contributed by atoms with Crippen molar-refractivity contribution >= 4 is 11.3 Å². The van der Waals surface area contributed by atoms with Crippen LogP contribution >= 0.6 is 0 Å². The molecule has 2 rings (SSSR count). The molecule has 0 aromatic heterocycles. The van der Waals surface area contributed by atoms with E-state index in [2.05, 4.69) is 10.5 Å². The summed E-state index contributed by atoms with van der Waals surface area (Å²) in [5.41, 5.74) is -0.865. The average molecular weight is 343 g/mol. The number of hydrogen-bond donors (Lipinski definition) is 0. The molecule has 0 unspecified atom stereocenters. The van der Waals surface area contributed by atoms with Crippen molar-refractivity contribution in [1.29, 1.82) is 0 Å². The van der Waals surface area contributed by atoms with E-state index in [9.17, 15) is 35.1 Å². The van der Waals surface area contributed by atoms with Crippen molar-refractivity contribution < 1.29 is 35.1 Å². The van der Waals surface area contributed by atoms with E-state index in [0.29, 0.717) is 18.3 Å². The zero-order chi connectivity index (χ0) is 17.6. The predicted octanol–water partition coefficient (Wildman–Crippen LogP) is 4.53. The molecule has 0 fully saturated rings. The van der Waals surface area contributed by atoms with Gasteiger partial charge in [-0.15, -0.1) is 5.10 Å². The van der Waals surface area contributed by atoms with E-state index < -0.39 is 40.7 Å². The Balaban J connectivity index is 2.55. The number of rotatable bonds is 2. The third kappa shape index (κ3) is 3.02. The average Bonchev–Trinajstić information content (AvgIpc) is 2.86. The van der Waals surface area contributed by atoms with Crippen LogP contribution in [0, 0.1) is 6.92 Å². The van der Waals surface area contributed by atoms with Crippen LogP contribution in [0.2, 0.25) is 0 Å². The van der Waals surface area contributed by atoms with Crippen molar-refractivity contribution in [1.82, 2.24) is 5.43 Å². The lowest BCUT2D eigenvalue weighted by Crippen LogP contribution is -2.33. The molecular weight excluding hydrogens is 336 g/mol. The number of nitrogens with zero attached hydrogens (tertiary/aromatic N) is 2. The van der Waals surface area contributed by atoms with E-state index in [-0.39, 0.29) is 5.56 Å². The van der Waals surface area contributed by atoms with Gasteiger partial charge in [-0.3, -0.25) is 0 Å². The van der Waals surface area contributed by atoms with Gasteiger partial charge in [0.2, 0.25) is 0 Å². The number of allylic oxidation sites excluding steroid dienone is 1. The molecule has 0 amide bonds. The van der Waals surface area contributed by atoms with Gasteiger partial charge < -0.3 is 0 Å². The van der Waals surface area contributed by atoms with Gasteiger partial charge in [0.05, 0.1) is 6.20 Å². The molecule has 10 heteroatoms. The predicted molar refractivity (Wildman–Crippen MR) is 64.7 cm³/mol. The number of hydrogen-bond acceptors (Lipinski definition) is 1. The number of aryl methyl sites for hydroxylation is 1. The Labute approximate surface area is 124 Å². The molecular formula is C13H7F8N2. The molecule has 125 valence electrons. The van der Waals surface area contributed by atoms with E-state index in [1.54, 1.807) is 0 Å². The van der Waals surface area contributed by atoms with Gasteiger partial charge in [-0.2, -0.15) is 40.5 Å². The van der Waals surface area contributed by atoms with Crippen LogP contribution in [0.4, 0.5) is 35.1 Å². The van der Waals surface area contributed by atoms with Gasteiger partial charge in [-0.25, -0.2) is 0 Å². The van der Waals surface area contributed by atoms with Crippen molar-refractivity contribution in [2.45, 2.75) is 25.2 Å². The highest BCUT2D eigenvalue weighted by Gasteiger charge is 2.58. The van der Waals surface area contributed by atoms with Crippen LogP contribution in [0.1, 0.15) is 16.7 Å². The Morgan fingerprint density at radius 3 is 2.04 bits per heavy atom. The number of alkyl halides is 8. The van der Waals surface area contributed by atoms with Crippen molar-refractivity contribution in [3.05, 3.63) is 41.1 Å². The van der Waals surface area contributed by atoms with Crippen LogP contribution in [0.5, 0.6) is 0 Å². The first-order valence-electron chi connectivity index (χ1n) is 5.97. The summed E-state index contributed by atoms with van der Waals surface area (Å²) in [6, 6.07) is 1.78. The minimum absolute atomic E-state index is 0.0759. The molecule has 2 nitrogen and oxygen atoms in total. The topological polar surface area (TPSA) is 26.5 Å². The maximum Gasteiger partial charge on any atom is 0.458 e. The van der Waals surface area contributed by atoms with E-state index in [1.807, 2.05) is 0 Å². The first-order valence-corrected chi connectivity index (χ1v) is 5.97. The molecule has 1 aliphatic heterocycles. The maximum atomic E-state index is 13.4. The minimum atomic E-state index is -5.87. The third-order valence-corrected chi connectivity index (χ3v) is 3.11. The van der Waals surface area contributed by atoms with Crippen molar-refractivity contribution in [3.63, 3.8) is 0 Å². The summed E-state index contributed by atoms with van der Waals surface area (Å²) in [7, 11) is 0. The smallest absolute Gasteiger partial charge is 0.191 e. The SMILES string of the molecule is Cc1ccc(C(F)(F)C(F)(F)F)cc1C1=C[N]N=C1C(F)(F)F. The fourth-order valence-electron chi connectivity index (χ4n) is 1.94. The van der Waals surface area contributed by atoms with Crippen LogP contribution in [-0.4, -0.2) is 18.1 Å². The van der Waals surface area contributed by atoms with E-state index in [0.717, 1.165) is 6.07 Å². The summed E-state index contributed by atoms with van der Waals surface area (Å²) in [6.07, 6.45) is -10.1. The van der Waals surface area contributed by atoms with Gasteiger partial charge >= 0.3 is 18.3 Å². The van der Waals surface area contributed by atoms with E-state index in [1.165, 1.54) is 6.92 Å². The highest BCUT2D eigenvalue weighted by atomic mass is 19.4. The molecule has 1 radical (unpaired) electrons. The molecule has 0 atom stereocenters. The van der Waals surface area contributed by atoms with Crippen LogP contribution in [0.15, 0.2) is 29.5 Å². The van der Waals surface area contributed by atoms with Gasteiger partial charge in [-0.05, 0) is 24.1 Å². The Hall–Kier alpha value is -2.13. The maximum absolute atomic E-state index is 13.4. The lowest BCUT2D eigenvalue weighted by Gasteiger charge is -2.21. The summed E-state index contributed by atoms with van der Waals surface area (Å²) in [4.78, 5) is 0. The standard InChI is InChI=1S/C13H7F8N2/c1-6-2-3-7(11(14,15)13(19,20)21)4-8(6)9-5-22-23-10(9)12(16,17)18/h2-5H,1H3. The van der Waals surface area contributed by atoms with Crippen LogP contribution in [0.3, 0.4) is 0 Å². The number of benzene rings is 1. The van der Waals surface area contributed by atoms with Crippen molar-refractivity contribution in [2.75, 3.05) is 0 Å². The van der Waals surface area contributed by atoms with Crippen LogP contribution in [-0.2, 0) is 5.92 Å². The minimum Gasteiger partial charge on any atom is -0.191 e. The molecule has 23 heavy (non-hydrogen) atoms. The molecule has 0 saturated carbocycles. The Morgan fingerprint density at radius 1 is 0.913 bits per heavy atom. The van der Waals surface area contributed by atoms with Gasteiger partial charge in [0, 0.05) is 11.1 Å². The summed E-state index contributed by atoms with van der Waals surface area (Å²) in [6.45, 7) is 1.28. The highest BCUT2D eigenvalue weighted by Crippen LogP contribution is 2.45. The Morgan fingerprint density at radius 2 is 1.52 bits per heavy atom. The zero-order valence-electron chi connectivity index (χ0n) is 11.2. The number of halogens is 8. The lowest BCUT2D eigenvalue weighted by molar-refractivity contribution is -0.289. The normalized spacial score (nSPS) is 16.0. The van der Waals surface area contributed by atoms with Crippen LogP contribution < -0.4 is 5.43 Å². The highest BCUT2D eigenvalue weighted by molar-refractivity contribution is 6.27. The molecule has 1 heterocycles. The zero-order valence-corrected chi connectivity index (χ0v) is 11.2. The second-order valence-electron chi connectivity index (χ2n) is 4.71. The summed E-state index contributed by atoms with van der Waals surface area (Å²) in [5, 5.41) is 2.86. The first kappa shape index (κ1) is 17.2. The molecule has 1 aromatic carbocycles. The van der Waals surface area contributed by atoms with E-state index in [4.69, 9.17) is 0 Å². The first-order chi connectivity index (χ1) is 10.4.